The Balaban J connectivity index is 1.85. The zero-order chi connectivity index (χ0) is 21.7. The van der Waals surface area contributed by atoms with Crippen LogP contribution in [0.5, 0.6) is 0 Å². The van der Waals surface area contributed by atoms with E-state index in [1.54, 1.807) is 30.3 Å². The first-order chi connectivity index (χ1) is 13.5. The minimum atomic E-state index is -3.86. The largest absolute Gasteiger partial charge is 0.454 e. The van der Waals surface area contributed by atoms with Crippen LogP contribution in [-0.4, -0.2) is 32.9 Å². The van der Waals surface area contributed by atoms with Gasteiger partial charge in [0.25, 0.3) is 5.91 Å². The van der Waals surface area contributed by atoms with Crippen molar-refractivity contribution in [1.82, 2.24) is 4.72 Å². The Morgan fingerprint density at radius 1 is 1.00 bits per heavy atom. The van der Waals surface area contributed by atoms with Gasteiger partial charge in [-0.1, -0.05) is 51.1 Å². The molecular weight excluding hydrogens is 392 g/mol. The Morgan fingerprint density at radius 2 is 1.59 bits per heavy atom. The number of esters is 1. The second-order valence-electron chi connectivity index (χ2n) is 7.64. The Morgan fingerprint density at radius 3 is 2.14 bits per heavy atom. The highest BCUT2D eigenvalue weighted by molar-refractivity contribution is 7.89. The maximum absolute atomic E-state index is 12.2. The first-order valence-corrected chi connectivity index (χ1v) is 10.6. The van der Waals surface area contributed by atoms with Gasteiger partial charge in [-0.05, 0) is 42.2 Å². The molecule has 0 radical (unpaired) electrons. The minimum absolute atomic E-state index is 0.00128. The highest BCUT2D eigenvalue weighted by atomic mass is 32.2. The number of ether oxygens (including phenoxy) is 1. The van der Waals surface area contributed by atoms with Crippen LogP contribution in [0, 0.1) is 0 Å². The van der Waals surface area contributed by atoms with Crippen molar-refractivity contribution < 1.29 is 22.7 Å². The molecule has 0 saturated carbocycles. The SMILES string of the molecule is CC(NS(=O)(=O)c1ccccc1)C(=O)OCC(=O)Nc1ccc(C(C)(C)C)cc1. The molecule has 156 valence electrons. The second-order valence-corrected chi connectivity index (χ2v) is 9.35. The Labute approximate surface area is 171 Å². The maximum atomic E-state index is 12.2. The third kappa shape index (κ3) is 6.69. The lowest BCUT2D eigenvalue weighted by Crippen LogP contribution is -2.40. The number of carbonyl (C=O) groups excluding carboxylic acids is 2. The highest BCUT2D eigenvalue weighted by Crippen LogP contribution is 2.23. The quantitative estimate of drug-likeness (QED) is 0.673. The highest BCUT2D eigenvalue weighted by Gasteiger charge is 2.23. The molecule has 0 aliphatic rings. The van der Waals surface area contributed by atoms with Gasteiger partial charge in [0.1, 0.15) is 6.04 Å². The van der Waals surface area contributed by atoms with E-state index >= 15 is 0 Å². The summed E-state index contributed by atoms with van der Waals surface area (Å²) in [6.45, 7) is 7.11. The first kappa shape index (κ1) is 22.6. The lowest BCUT2D eigenvalue weighted by Gasteiger charge is -2.19. The van der Waals surface area contributed by atoms with Crippen molar-refractivity contribution in [2.24, 2.45) is 0 Å². The molecule has 7 nitrogen and oxygen atoms in total. The summed E-state index contributed by atoms with van der Waals surface area (Å²) >= 11 is 0. The van der Waals surface area contributed by atoms with E-state index in [2.05, 4.69) is 30.8 Å². The summed E-state index contributed by atoms with van der Waals surface area (Å²) in [4.78, 5) is 24.1. The van der Waals surface area contributed by atoms with Gasteiger partial charge >= 0.3 is 5.97 Å². The van der Waals surface area contributed by atoms with Crippen molar-refractivity contribution in [3.05, 3.63) is 60.2 Å². The molecule has 0 bridgehead atoms. The average molecular weight is 419 g/mol. The van der Waals surface area contributed by atoms with Crippen molar-refractivity contribution >= 4 is 27.6 Å². The maximum Gasteiger partial charge on any atom is 0.324 e. The van der Waals surface area contributed by atoms with E-state index in [-0.39, 0.29) is 10.3 Å². The molecule has 2 aromatic rings. The zero-order valence-corrected chi connectivity index (χ0v) is 17.7. The molecule has 0 fully saturated rings. The molecule has 2 aromatic carbocycles. The fourth-order valence-corrected chi connectivity index (χ4v) is 3.67. The lowest BCUT2D eigenvalue weighted by atomic mass is 9.87. The molecule has 0 aliphatic heterocycles. The standard InChI is InChI=1S/C21H26N2O5S/c1-15(23-29(26,27)18-8-6-5-7-9-18)20(25)28-14-19(24)22-17-12-10-16(11-13-17)21(2,3)4/h5-13,15,23H,14H2,1-4H3,(H,22,24). The van der Waals surface area contributed by atoms with E-state index in [9.17, 15) is 18.0 Å². The van der Waals surface area contributed by atoms with Gasteiger partial charge < -0.3 is 10.1 Å². The van der Waals surface area contributed by atoms with E-state index in [0.29, 0.717) is 5.69 Å². The molecule has 2 rings (SSSR count). The Hall–Kier alpha value is -2.71. The summed E-state index contributed by atoms with van der Waals surface area (Å²) in [5, 5.41) is 2.63. The van der Waals surface area contributed by atoms with Gasteiger partial charge in [-0.3, -0.25) is 9.59 Å². The Bertz CT molecular complexity index is 949. The molecule has 0 heterocycles. The molecule has 2 N–H and O–H groups in total. The zero-order valence-electron chi connectivity index (χ0n) is 16.9. The number of nitrogens with one attached hydrogen (secondary N) is 2. The molecule has 29 heavy (non-hydrogen) atoms. The summed E-state index contributed by atoms with van der Waals surface area (Å²) in [7, 11) is -3.86. The monoisotopic (exact) mass is 418 g/mol. The summed E-state index contributed by atoms with van der Waals surface area (Å²) in [6.07, 6.45) is 0. The van der Waals surface area contributed by atoms with Crippen molar-refractivity contribution in [2.75, 3.05) is 11.9 Å². The lowest BCUT2D eigenvalue weighted by molar-refractivity contribution is -0.148. The molecule has 8 heteroatoms. The van der Waals surface area contributed by atoms with Gasteiger partial charge in [-0.2, -0.15) is 4.72 Å². The number of rotatable bonds is 7. The third-order valence-corrected chi connectivity index (χ3v) is 5.68. The molecule has 1 unspecified atom stereocenters. The van der Waals surface area contributed by atoms with E-state index in [4.69, 9.17) is 4.74 Å². The summed E-state index contributed by atoms with van der Waals surface area (Å²) < 4.78 is 31.6. The van der Waals surface area contributed by atoms with Crippen molar-refractivity contribution in [2.45, 2.75) is 44.0 Å². The van der Waals surface area contributed by atoms with Crippen LogP contribution in [0.2, 0.25) is 0 Å². The van der Waals surface area contributed by atoms with E-state index in [1.807, 2.05) is 12.1 Å². The van der Waals surface area contributed by atoms with Crippen LogP contribution in [0.1, 0.15) is 33.3 Å². The molecule has 0 spiro atoms. The predicted molar refractivity (Wildman–Crippen MR) is 111 cm³/mol. The van der Waals surface area contributed by atoms with E-state index < -0.39 is 34.5 Å². The summed E-state index contributed by atoms with van der Waals surface area (Å²) in [5.74, 6) is -1.36. The van der Waals surface area contributed by atoms with Crippen molar-refractivity contribution in [3.8, 4) is 0 Å². The fourth-order valence-electron chi connectivity index (χ4n) is 2.46. The van der Waals surface area contributed by atoms with Gasteiger partial charge in [0.2, 0.25) is 10.0 Å². The van der Waals surface area contributed by atoms with E-state index in [0.717, 1.165) is 5.56 Å². The predicted octanol–water partition coefficient (Wildman–Crippen LogP) is 2.83. The van der Waals surface area contributed by atoms with Crippen LogP contribution in [0.4, 0.5) is 5.69 Å². The van der Waals surface area contributed by atoms with Gasteiger partial charge in [-0.25, -0.2) is 8.42 Å². The molecule has 0 saturated heterocycles. The van der Waals surface area contributed by atoms with Crippen LogP contribution in [0.15, 0.2) is 59.5 Å². The topological polar surface area (TPSA) is 102 Å². The smallest absolute Gasteiger partial charge is 0.324 e. The van der Waals surface area contributed by atoms with Crippen molar-refractivity contribution in [3.63, 3.8) is 0 Å². The van der Waals surface area contributed by atoms with Crippen LogP contribution >= 0.6 is 0 Å². The minimum Gasteiger partial charge on any atom is -0.454 e. The van der Waals surface area contributed by atoms with E-state index in [1.165, 1.54) is 19.1 Å². The van der Waals surface area contributed by atoms with Crippen LogP contribution in [-0.2, 0) is 29.8 Å². The molecule has 1 atom stereocenters. The van der Waals surface area contributed by atoms with Gasteiger partial charge in [-0.15, -0.1) is 0 Å². The molecule has 1 amide bonds. The Kier molecular flexibility index (Phi) is 7.16. The summed E-state index contributed by atoms with van der Waals surface area (Å²) in [6, 6.07) is 13.9. The second kappa shape index (κ2) is 9.19. The molecule has 0 aromatic heterocycles. The number of benzene rings is 2. The first-order valence-electron chi connectivity index (χ1n) is 9.13. The number of anilines is 1. The summed E-state index contributed by atoms with van der Waals surface area (Å²) in [5.41, 5.74) is 1.71. The normalized spacial score (nSPS) is 12.8. The number of hydrogen-bond acceptors (Lipinski definition) is 5. The van der Waals surface area contributed by atoms with Crippen LogP contribution in [0.3, 0.4) is 0 Å². The average Bonchev–Trinajstić information content (AvgIpc) is 2.66. The van der Waals surface area contributed by atoms with Gasteiger partial charge in [0.05, 0.1) is 4.90 Å². The van der Waals surface area contributed by atoms with Crippen LogP contribution < -0.4 is 10.0 Å². The number of carbonyl (C=O) groups is 2. The third-order valence-electron chi connectivity index (χ3n) is 4.12. The number of sulfonamides is 1. The number of amides is 1. The molecule has 0 aliphatic carbocycles. The van der Waals surface area contributed by atoms with Gasteiger partial charge in [0, 0.05) is 5.69 Å². The van der Waals surface area contributed by atoms with Gasteiger partial charge in [0.15, 0.2) is 6.61 Å². The van der Waals surface area contributed by atoms with Crippen LogP contribution in [0.25, 0.3) is 0 Å². The number of hydrogen-bond donors (Lipinski definition) is 2. The fraction of sp³-hybridized carbons (Fsp3) is 0.333. The molecular formula is C21H26N2O5S. The van der Waals surface area contributed by atoms with Crippen molar-refractivity contribution in [1.29, 1.82) is 0 Å².